The molecule has 0 spiro atoms. The third kappa shape index (κ3) is 2.49. The SMILES string of the molecule is C=CC[C@@H](C(N)=O)n1nc(Cl)cc(C)c1=O. The normalized spacial score (nSPS) is 12.1. The van der Waals surface area contributed by atoms with Gasteiger partial charge in [0.25, 0.3) is 5.56 Å². The van der Waals surface area contributed by atoms with Crippen molar-refractivity contribution in [2.24, 2.45) is 5.73 Å². The molecule has 0 radical (unpaired) electrons. The number of allylic oxidation sites excluding steroid dienone is 1. The Hall–Kier alpha value is -1.62. The fourth-order valence-electron chi connectivity index (χ4n) is 1.30. The Kier molecular flexibility index (Phi) is 3.84. The van der Waals surface area contributed by atoms with Gasteiger partial charge in [0, 0.05) is 5.56 Å². The summed E-state index contributed by atoms with van der Waals surface area (Å²) in [7, 11) is 0. The predicted octanol–water partition coefficient (Wildman–Crippen LogP) is 0.808. The molecule has 2 N–H and O–H groups in total. The van der Waals surface area contributed by atoms with Gasteiger partial charge in [0.15, 0.2) is 0 Å². The average Bonchev–Trinajstić information content (AvgIpc) is 2.20. The molecule has 0 aliphatic heterocycles. The van der Waals surface area contributed by atoms with Crippen molar-refractivity contribution in [2.75, 3.05) is 0 Å². The minimum Gasteiger partial charge on any atom is -0.368 e. The van der Waals surface area contributed by atoms with Crippen LogP contribution >= 0.6 is 11.6 Å². The van der Waals surface area contributed by atoms with Gasteiger partial charge in [-0.3, -0.25) is 9.59 Å². The van der Waals surface area contributed by atoms with Gasteiger partial charge in [-0.15, -0.1) is 6.58 Å². The number of hydrogen-bond donors (Lipinski definition) is 1. The van der Waals surface area contributed by atoms with Crippen molar-refractivity contribution in [3.63, 3.8) is 0 Å². The first kappa shape index (κ1) is 12.4. The molecule has 0 fully saturated rings. The Morgan fingerprint density at radius 1 is 1.81 bits per heavy atom. The number of hydrogen-bond acceptors (Lipinski definition) is 3. The molecule has 1 amide bonds. The number of primary amides is 1. The molecule has 0 saturated heterocycles. The molecule has 1 aromatic heterocycles. The van der Waals surface area contributed by atoms with Crippen molar-refractivity contribution < 1.29 is 4.79 Å². The summed E-state index contributed by atoms with van der Waals surface area (Å²) >= 11 is 5.72. The van der Waals surface area contributed by atoms with Crippen LogP contribution in [0.25, 0.3) is 0 Å². The van der Waals surface area contributed by atoms with Crippen LogP contribution in [0, 0.1) is 6.92 Å². The van der Waals surface area contributed by atoms with E-state index in [0.717, 1.165) is 4.68 Å². The average molecular weight is 242 g/mol. The van der Waals surface area contributed by atoms with Gasteiger partial charge >= 0.3 is 0 Å². The molecule has 1 atom stereocenters. The summed E-state index contributed by atoms with van der Waals surface area (Å²) in [5, 5.41) is 3.94. The van der Waals surface area contributed by atoms with Gasteiger partial charge in [-0.25, -0.2) is 4.68 Å². The number of aryl methyl sites for hydroxylation is 1. The lowest BCUT2D eigenvalue weighted by atomic mass is 10.2. The molecule has 5 nitrogen and oxygen atoms in total. The third-order valence-electron chi connectivity index (χ3n) is 2.10. The van der Waals surface area contributed by atoms with E-state index in [-0.39, 0.29) is 17.1 Å². The van der Waals surface area contributed by atoms with Gasteiger partial charge in [0.2, 0.25) is 5.91 Å². The zero-order valence-corrected chi connectivity index (χ0v) is 9.57. The summed E-state index contributed by atoms with van der Waals surface area (Å²) in [5.41, 5.74) is 5.23. The van der Waals surface area contributed by atoms with Gasteiger partial charge in [0.1, 0.15) is 11.2 Å². The largest absolute Gasteiger partial charge is 0.368 e. The fourth-order valence-corrected chi connectivity index (χ4v) is 1.55. The van der Waals surface area contributed by atoms with Gasteiger partial charge in [-0.1, -0.05) is 17.7 Å². The molecule has 0 bridgehead atoms. The first-order valence-electron chi connectivity index (χ1n) is 4.63. The maximum atomic E-state index is 11.7. The molecule has 16 heavy (non-hydrogen) atoms. The number of aromatic nitrogens is 2. The first-order valence-corrected chi connectivity index (χ1v) is 5.01. The standard InChI is InChI=1S/C10H12ClN3O2/c1-3-4-7(9(12)15)14-10(16)6(2)5-8(11)13-14/h3,5,7H,1,4H2,2H3,(H2,12,15)/t7-/m0/s1. The number of rotatable bonds is 4. The van der Waals surface area contributed by atoms with Crippen LogP contribution in [0.3, 0.4) is 0 Å². The Balaban J connectivity index is 3.34. The molecule has 1 aromatic rings. The summed E-state index contributed by atoms with van der Waals surface area (Å²) in [4.78, 5) is 22.9. The van der Waals surface area contributed by atoms with E-state index in [9.17, 15) is 9.59 Å². The third-order valence-corrected chi connectivity index (χ3v) is 2.28. The highest BCUT2D eigenvalue weighted by atomic mass is 35.5. The van der Waals surface area contributed by atoms with Crippen molar-refractivity contribution in [3.05, 3.63) is 39.8 Å². The first-order chi connectivity index (χ1) is 7.47. The van der Waals surface area contributed by atoms with Crippen LogP contribution in [-0.4, -0.2) is 15.7 Å². The summed E-state index contributed by atoms with van der Waals surface area (Å²) in [6.07, 6.45) is 1.74. The lowest BCUT2D eigenvalue weighted by Crippen LogP contribution is -2.36. The second-order valence-electron chi connectivity index (χ2n) is 3.34. The van der Waals surface area contributed by atoms with Crippen molar-refractivity contribution in [1.82, 2.24) is 9.78 Å². The minimum absolute atomic E-state index is 0.146. The fraction of sp³-hybridized carbons (Fsp3) is 0.300. The van der Waals surface area contributed by atoms with Crippen molar-refractivity contribution >= 4 is 17.5 Å². The molecule has 86 valence electrons. The predicted molar refractivity (Wildman–Crippen MR) is 61.3 cm³/mol. The van der Waals surface area contributed by atoms with Crippen LogP contribution in [0.5, 0.6) is 0 Å². The van der Waals surface area contributed by atoms with Crippen LogP contribution in [0.2, 0.25) is 5.15 Å². The van der Waals surface area contributed by atoms with Gasteiger partial charge in [0.05, 0.1) is 0 Å². The zero-order chi connectivity index (χ0) is 12.3. The Morgan fingerprint density at radius 2 is 2.44 bits per heavy atom. The van der Waals surface area contributed by atoms with Crippen LogP contribution < -0.4 is 11.3 Å². The van der Waals surface area contributed by atoms with Crippen molar-refractivity contribution in [1.29, 1.82) is 0 Å². The van der Waals surface area contributed by atoms with Gasteiger partial charge in [-0.05, 0) is 19.4 Å². The lowest BCUT2D eigenvalue weighted by molar-refractivity contribution is -0.121. The van der Waals surface area contributed by atoms with E-state index in [1.54, 1.807) is 6.92 Å². The van der Waals surface area contributed by atoms with Crippen LogP contribution in [0.1, 0.15) is 18.0 Å². The van der Waals surface area contributed by atoms with Crippen LogP contribution in [-0.2, 0) is 4.79 Å². The summed E-state index contributed by atoms with van der Waals surface area (Å²) < 4.78 is 1.00. The Labute approximate surface area is 97.5 Å². The molecule has 0 unspecified atom stereocenters. The maximum Gasteiger partial charge on any atom is 0.270 e. The van der Waals surface area contributed by atoms with E-state index < -0.39 is 11.9 Å². The van der Waals surface area contributed by atoms with E-state index in [1.807, 2.05) is 0 Å². The smallest absolute Gasteiger partial charge is 0.270 e. The van der Waals surface area contributed by atoms with E-state index >= 15 is 0 Å². The van der Waals surface area contributed by atoms with E-state index in [4.69, 9.17) is 17.3 Å². The Bertz CT molecular complexity index is 481. The molecule has 1 rings (SSSR count). The Morgan fingerprint density at radius 3 is 2.94 bits per heavy atom. The highest BCUT2D eigenvalue weighted by molar-refractivity contribution is 6.29. The van der Waals surface area contributed by atoms with E-state index in [0.29, 0.717) is 5.56 Å². The van der Waals surface area contributed by atoms with E-state index in [1.165, 1.54) is 12.1 Å². The quantitative estimate of drug-likeness (QED) is 0.793. The summed E-state index contributed by atoms with van der Waals surface area (Å²) in [6, 6.07) is 0.592. The number of carbonyl (C=O) groups is 1. The molecule has 0 aromatic carbocycles. The zero-order valence-electron chi connectivity index (χ0n) is 8.81. The number of halogens is 1. The van der Waals surface area contributed by atoms with Crippen LogP contribution in [0.15, 0.2) is 23.5 Å². The molecule has 6 heteroatoms. The van der Waals surface area contributed by atoms with Crippen molar-refractivity contribution in [3.8, 4) is 0 Å². The highest BCUT2D eigenvalue weighted by Gasteiger charge is 2.19. The molecule has 0 aliphatic carbocycles. The number of amides is 1. The molecule has 0 aliphatic rings. The summed E-state index contributed by atoms with van der Waals surface area (Å²) in [6.45, 7) is 5.09. The van der Waals surface area contributed by atoms with Crippen LogP contribution in [0.4, 0.5) is 0 Å². The molecular weight excluding hydrogens is 230 g/mol. The number of nitrogens with two attached hydrogens (primary N) is 1. The highest BCUT2D eigenvalue weighted by Crippen LogP contribution is 2.10. The second kappa shape index (κ2) is 4.94. The minimum atomic E-state index is -0.845. The molecule has 1 heterocycles. The van der Waals surface area contributed by atoms with Crippen molar-refractivity contribution in [2.45, 2.75) is 19.4 Å². The number of carbonyl (C=O) groups excluding carboxylic acids is 1. The van der Waals surface area contributed by atoms with Gasteiger partial charge in [-0.2, -0.15) is 5.10 Å². The monoisotopic (exact) mass is 241 g/mol. The number of nitrogens with zero attached hydrogens (tertiary/aromatic N) is 2. The second-order valence-corrected chi connectivity index (χ2v) is 3.73. The maximum absolute atomic E-state index is 11.7. The van der Waals surface area contributed by atoms with Gasteiger partial charge < -0.3 is 5.73 Å². The van der Waals surface area contributed by atoms with E-state index in [2.05, 4.69) is 11.7 Å². The topological polar surface area (TPSA) is 78.0 Å². The molecule has 0 saturated carbocycles. The lowest BCUT2D eigenvalue weighted by Gasteiger charge is -2.14. The molecular formula is C10H12ClN3O2. The summed E-state index contributed by atoms with van der Waals surface area (Å²) in [5.74, 6) is -0.642.